The summed E-state index contributed by atoms with van der Waals surface area (Å²) in [7, 11) is 0. The molecule has 0 radical (unpaired) electrons. The molecule has 0 saturated heterocycles. The Hall–Kier alpha value is -2.33. The number of Topliss-reactive ketones (excluding diaryl/α,β-unsaturated/α-hetero) is 3. The van der Waals surface area contributed by atoms with Gasteiger partial charge in [0.1, 0.15) is 23.3 Å². The van der Waals surface area contributed by atoms with E-state index in [9.17, 15) is 14.4 Å². The lowest BCUT2D eigenvalue weighted by Gasteiger charge is -2.43. The van der Waals surface area contributed by atoms with Gasteiger partial charge in [-0.05, 0) is 98.7 Å². The Kier molecular flexibility index (Phi) is 6.35. The van der Waals surface area contributed by atoms with Crippen LogP contribution in [-0.2, 0) is 14.4 Å². The second-order valence-corrected chi connectivity index (χ2v) is 10.4. The van der Waals surface area contributed by atoms with E-state index in [2.05, 4.69) is 4.98 Å². The molecule has 1 heterocycles. The van der Waals surface area contributed by atoms with Gasteiger partial charge in [0.25, 0.3) is 0 Å². The Morgan fingerprint density at radius 1 is 1.06 bits per heavy atom. The minimum atomic E-state index is -0.664. The fraction of sp³-hybridized carbons (Fsp3) is 0.481. The minimum Gasteiger partial charge on any atom is -0.300 e. The predicted molar refractivity (Wildman–Crippen MR) is 126 cm³/mol. The molecule has 2 fully saturated rings. The summed E-state index contributed by atoms with van der Waals surface area (Å²) in [6, 6.07) is 7.70. The second-order valence-electron chi connectivity index (χ2n) is 9.95. The number of aromatic nitrogens is 1. The molecule has 0 unspecified atom stereocenters. The van der Waals surface area contributed by atoms with Crippen molar-refractivity contribution in [2.45, 2.75) is 71.6 Å². The number of benzene rings is 1. The first-order valence-electron chi connectivity index (χ1n) is 11.5. The second kappa shape index (κ2) is 8.90. The van der Waals surface area contributed by atoms with Crippen LogP contribution in [0, 0.1) is 25.2 Å². The van der Waals surface area contributed by atoms with Crippen molar-refractivity contribution >= 4 is 29.0 Å². The summed E-state index contributed by atoms with van der Waals surface area (Å²) in [6.45, 7) is 5.58. The molecule has 1 aromatic heterocycles. The van der Waals surface area contributed by atoms with Crippen LogP contribution >= 0.6 is 11.6 Å². The number of carbonyl (C=O) groups excluding carboxylic acids is 3. The highest BCUT2D eigenvalue weighted by Gasteiger charge is 2.47. The first kappa shape index (κ1) is 22.8. The Morgan fingerprint density at radius 2 is 1.66 bits per heavy atom. The van der Waals surface area contributed by atoms with Crippen molar-refractivity contribution in [2.75, 3.05) is 0 Å². The van der Waals surface area contributed by atoms with E-state index in [1.807, 2.05) is 32.0 Å². The lowest BCUT2D eigenvalue weighted by molar-refractivity contribution is -0.138. The van der Waals surface area contributed by atoms with E-state index >= 15 is 0 Å². The lowest BCUT2D eigenvalue weighted by atomic mass is 9.59. The maximum absolute atomic E-state index is 13.3. The molecule has 0 atom stereocenters. The van der Waals surface area contributed by atoms with Crippen LogP contribution in [0.3, 0.4) is 0 Å². The maximum Gasteiger partial charge on any atom is 0.148 e. The third-order valence-corrected chi connectivity index (χ3v) is 7.61. The van der Waals surface area contributed by atoms with Gasteiger partial charge in [-0.1, -0.05) is 11.6 Å². The van der Waals surface area contributed by atoms with Crippen molar-refractivity contribution in [3.8, 4) is 11.3 Å². The highest BCUT2D eigenvalue weighted by Crippen LogP contribution is 2.50. The summed E-state index contributed by atoms with van der Waals surface area (Å²) in [6.07, 6.45) is 6.78. The largest absolute Gasteiger partial charge is 0.300 e. The smallest absolute Gasteiger partial charge is 0.148 e. The molecule has 2 aromatic rings. The summed E-state index contributed by atoms with van der Waals surface area (Å²) >= 11 is 5.96. The van der Waals surface area contributed by atoms with Gasteiger partial charge in [-0.3, -0.25) is 14.6 Å². The van der Waals surface area contributed by atoms with Gasteiger partial charge in [0.15, 0.2) is 0 Å². The van der Waals surface area contributed by atoms with E-state index in [4.69, 9.17) is 11.6 Å². The normalized spacial score (nSPS) is 25.9. The number of rotatable bonds is 4. The van der Waals surface area contributed by atoms with Crippen LogP contribution in [0.1, 0.15) is 74.5 Å². The molecule has 0 N–H and O–H groups in total. The van der Waals surface area contributed by atoms with E-state index < -0.39 is 5.92 Å². The standard InChI is InChI=1S/C27H30ClNO3/c1-16-10-20(22-5-4-21(28)15-29-22)11-17(2)25(16)26-23(31)13-27(14-24(26)32)8-6-19(7-9-27)12-18(3)30/h4-5,10-11,15,19,26H,6-9,12-14H2,1-3H3. The average molecular weight is 452 g/mol. The molecular weight excluding hydrogens is 422 g/mol. The predicted octanol–water partition coefficient (Wildman–Crippen LogP) is 6.19. The van der Waals surface area contributed by atoms with Crippen LogP contribution in [0.2, 0.25) is 5.02 Å². The summed E-state index contributed by atoms with van der Waals surface area (Å²) in [5.74, 6) is 0.0667. The van der Waals surface area contributed by atoms with Gasteiger partial charge < -0.3 is 4.79 Å². The molecule has 0 bridgehead atoms. The van der Waals surface area contributed by atoms with E-state index in [1.165, 1.54) is 0 Å². The van der Waals surface area contributed by atoms with Gasteiger partial charge in [-0.15, -0.1) is 0 Å². The zero-order valence-corrected chi connectivity index (χ0v) is 19.8. The molecule has 5 heteroatoms. The molecule has 4 nitrogen and oxygen atoms in total. The average Bonchev–Trinajstić information content (AvgIpc) is 2.71. The summed E-state index contributed by atoms with van der Waals surface area (Å²) in [5.41, 5.74) is 4.32. The Balaban J connectivity index is 1.55. The maximum atomic E-state index is 13.3. The zero-order chi connectivity index (χ0) is 23.0. The number of hydrogen-bond donors (Lipinski definition) is 0. The number of carbonyl (C=O) groups is 3. The van der Waals surface area contributed by atoms with E-state index in [1.54, 1.807) is 19.2 Å². The number of ketones is 3. The summed E-state index contributed by atoms with van der Waals surface area (Å²) in [5, 5.41) is 0.585. The van der Waals surface area contributed by atoms with E-state index in [-0.39, 0.29) is 22.8 Å². The van der Waals surface area contributed by atoms with Gasteiger partial charge >= 0.3 is 0 Å². The highest BCUT2D eigenvalue weighted by atomic mass is 35.5. The number of hydrogen-bond acceptors (Lipinski definition) is 4. The molecule has 168 valence electrons. The van der Waals surface area contributed by atoms with Crippen LogP contribution < -0.4 is 0 Å². The molecule has 0 aliphatic heterocycles. The molecule has 2 aliphatic rings. The van der Waals surface area contributed by atoms with Crippen molar-refractivity contribution in [3.63, 3.8) is 0 Å². The molecular formula is C27H30ClNO3. The first-order valence-corrected chi connectivity index (χ1v) is 11.8. The number of nitrogens with zero attached hydrogens (tertiary/aromatic N) is 1. The van der Waals surface area contributed by atoms with Gasteiger partial charge in [0.2, 0.25) is 0 Å². The highest BCUT2D eigenvalue weighted by molar-refractivity contribution is 6.30. The quantitative estimate of drug-likeness (QED) is 0.520. The lowest BCUT2D eigenvalue weighted by Crippen LogP contribution is -2.42. The van der Waals surface area contributed by atoms with Gasteiger partial charge in [0, 0.05) is 31.0 Å². The van der Waals surface area contributed by atoms with Crippen molar-refractivity contribution < 1.29 is 14.4 Å². The third kappa shape index (κ3) is 4.56. The Morgan fingerprint density at radius 3 is 2.16 bits per heavy atom. The number of halogens is 1. The van der Waals surface area contributed by atoms with Crippen LogP contribution in [0.5, 0.6) is 0 Å². The SMILES string of the molecule is CC(=O)CC1CCC2(CC1)CC(=O)C(c1c(C)cc(-c3ccc(Cl)cn3)cc1C)C(=O)C2. The molecule has 2 aliphatic carbocycles. The molecule has 1 aromatic carbocycles. The number of aryl methyl sites for hydroxylation is 2. The van der Waals surface area contributed by atoms with Crippen molar-refractivity contribution in [1.82, 2.24) is 4.98 Å². The molecule has 32 heavy (non-hydrogen) atoms. The van der Waals surface area contributed by atoms with Crippen molar-refractivity contribution in [3.05, 3.63) is 52.2 Å². The fourth-order valence-corrected chi connectivity index (χ4v) is 6.00. The fourth-order valence-electron chi connectivity index (χ4n) is 5.89. The van der Waals surface area contributed by atoms with Gasteiger partial charge in [0.05, 0.1) is 10.7 Å². The monoisotopic (exact) mass is 451 g/mol. The van der Waals surface area contributed by atoms with Crippen LogP contribution in [-0.4, -0.2) is 22.3 Å². The van der Waals surface area contributed by atoms with E-state index in [0.29, 0.717) is 30.2 Å². The van der Waals surface area contributed by atoms with E-state index in [0.717, 1.165) is 53.6 Å². The summed E-state index contributed by atoms with van der Waals surface area (Å²) < 4.78 is 0. The van der Waals surface area contributed by atoms with Crippen molar-refractivity contribution in [1.29, 1.82) is 0 Å². The van der Waals surface area contributed by atoms with Crippen LogP contribution in [0.25, 0.3) is 11.3 Å². The van der Waals surface area contributed by atoms with Crippen molar-refractivity contribution in [2.24, 2.45) is 11.3 Å². The Bertz CT molecular complexity index is 1020. The Labute approximate surface area is 194 Å². The van der Waals surface area contributed by atoms with Crippen LogP contribution in [0.4, 0.5) is 0 Å². The number of pyridine rings is 1. The first-order chi connectivity index (χ1) is 15.2. The molecule has 2 saturated carbocycles. The minimum absolute atomic E-state index is 0.0508. The van der Waals surface area contributed by atoms with Crippen LogP contribution in [0.15, 0.2) is 30.5 Å². The zero-order valence-electron chi connectivity index (χ0n) is 19.0. The van der Waals surface area contributed by atoms with Gasteiger partial charge in [-0.2, -0.15) is 0 Å². The summed E-state index contributed by atoms with van der Waals surface area (Å²) in [4.78, 5) is 42.5. The third-order valence-electron chi connectivity index (χ3n) is 7.39. The molecule has 4 rings (SSSR count). The molecule has 0 amide bonds. The topological polar surface area (TPSA) is 64.1 Å². The van der Waals surface area contributed by atoms with Gasteiger partial charge in [-0.25, -0.2) is 0 Å². The molecule has 1 spiro atoms.